The standard InChI is InChI=1S/C10H15N3O3S/c11-8-5-7(13-10(6-14)3-4-10)1-2-9(8)17(12,15)16/h1-2,5,13-14H,3-4,6,11H2,(H2,12,15,16). The maximum absolute atomic E-state index is 11.2. The maximum atomic E-state index is 11.2. The van der Waals surface area contributed by atoms with Crippen LogP contribution in [0.1, 0.15) is 12.8 Å². The Labute approximate surface area is 99.7 Å². The van der Waals surface area contributed by atoms with Crippen molar-refractivity contribution in [3.8, 4) is 0 Å². The van der Waals surface area contributed by atoms with Gasteiger partial charge in [-0.05, 0) is 31.0 Å². The van der Waals surface area contributed by atoms with E-state index in [1.54, 1.807) is 6.07 Å². The van der Waals surface area contributed by atoms with Gasteiger partial charge in [-0.15, -0.1) is 0 Å². The highest BCUT2D eigenvalue weighted by Crippen LogP contribution is 2.38. The van der Waals surface area contributed by atoms with Crippen molar-refractivity contribution in [2.45, 2.75) is 23.3 Å². The Bertz CT molecular complexity index is 538. The smallest absolute Gasteiger partial charge is 0.240 e. The highest BCUT2D eigenvalue weighted by molar-refractivity contribution is 7.89. The second kappa shape index (κ2) is 3.86. The molecule has 0 saturated heterocycles. The molecule has 6 N–H and O–H groups in total. The molecule has 6 nitrogen and oxygen atoms in total. The van der Waals surface area contributed by atoms with E-state index >= 15 is 0 Å². The summed E-state index contributed by atoms with van der Waals surface area (Å²) in [6.07, 6.45) is 1.78. The first kappa shape index (κ1) is 12.2. The summed E-state index contributed by atoms with van der Waals surface area (Å²) in [5.74, 6) is 0. The normalized spacial score (nSPS) is 17.8. The highest BCUT2D eigenvalue weighted by Gasteiger charge is 2.42. The number of hydrogen-bond acceptors (Lipinski definition) is 5. The van der Waals surface area contributed by atoms with Crippen molar-refractivity contribution >= 4 is 21.4 Å². The number of nitrogens with two attached hydrogens (primary N) is 2. The first-order chi connectivity index (χ1) is 7.86. The summed E-state index contributed by atoms with van der Waals surface area (Å²) in [6, 6.07) is 4.46. The van der Waals surface area contributed by atoms with Gasteiger partial charge in [0.15, 0.2) is 0 Å². The number of benzene rings is 1. The van der Waals surface area contributed by atoms with Crippen molar-refractivity contribution in [3.05, 3.63) is 18.2 Å². The van der Waals surface area contributed by atoms with Crippen molar-refractivity contribution < 1.29 is 13.5 Å². The molecule has 7 heteroatoms. The van der Waals surface area contributed by atoms with Crippen LogP contribution in [0.25, 0.3) is 0 Å². The summed E-state index contributed by atoms with van der Waals surface area (Å²) in [4.78, 5) is -0.0862. The van der Waals surface area contributed by atoms with Gasteiger partial charge >= 0.3 is 0 Å². The van der Waals surface area contributed by atoms with E-state index < -0.39 is 10.0 Å². The van der Waals surface area contributed by atoms with Gasteiger partial charge in [-0.1, -0.05) is 0 Å². The van der Waals surface area contributed by atoms with Crippen LogP contribution in [-0.2, 0) is 10.0 Å². The number of aliphatic hydroxyl groups is 1. The molecule has 0 amide bonds. The summed E-state index contributed by atoms with van der Waals surface area (Å²) >= 11 is 0. The van der Waals surface area contributed by atoms with Gasteiger partial charge in [-0.3, -0.25) is 0 Å². The Morgan fingerprint density at radius 3 is 2.47 bits per heavy atom. The summed E-state index contributed by atoms with van der Waals surface area (Å²) in [7, 11) is -3.79. The van der Waals surface area contributed by atoms with Crippen molar-refractivity contribution in [3.63, 3.8) is 0 Å². The number of nitrogens with one attached hydrogen (secondary N) is 1. The van der Waals surface area contributed by atoms with E-state index in [9.17, 15) is 8.42 Å². The van der Waals surface area contributed by atoms with Crippen LogP contribution < -0.4 is 16.2 Å². The lowest BCUT2D eigenvalue weighted by atomic mass is 10.2. The molecule has 0 bridgehead atoms. The first-order valence-corrected chi connectivity index (χ1v) is 6.72. The molecule has 17 heavy (non-hydrogen) atoms. The molecule has 1 aliphatic carbocycles. The largest absolute Gasteiger partial charge is 0.398 e. The number of rotatable bonds is 4. The lowest BCUT2D eigenvalue weighted by Gasteiger charge is -2.16. The molecule has 0 aliphatic heterocycles. The SMILES string of the molecule is Nc1cc(NC2(CO)CC2)ccc1S(N)(=O)=O. The molecule has 0 heterocycles. The van der Waals surface area contributed by atoms with Gasteiger partial charge in [0.1, 0.15) is 4.90 Å². The molecular weight excluding hydrogens is 242 g/mol. The van der Waals surface area contributed by atoms with Gasteiger partial charge in [-0.2, -0.15) is 0 Å². The minimum absolute atomic E-state index is 0.0455. The predicted molar refractivity (Wildman–Crippen MR) is 64.9 cm³/mol. The number of nitrogen functional groups attached to an aromatic ring is 1. The summed E-state index contributed by atoms with van der Waals surface area (Å²) in [5, 5.41) is 17.3. The van der Waals surface area contributed by atoms with Crippen LogP contribution >= 0.6 is 0 Å². The van der Waals surface area contributed by atoms with E-state index in [-0.39, 0.29) is 22.7 Å². The molecule has 1 aromatic rings. The molecule has 0 unspecified atom stereocenters. The minimum atomic E-state index is -3.79. The van der Waals surface area contributed by atoms with Gasteiger partial charge in [0.25, 0.3) is 0 Å². The fourth-order valence-corrected chi connectivity index (χ4v) is 2.31. The number of primary sulfonamides is 1. The molecule has 94 valence electrons. The Morgan fingerprint density at radius 1 is 1.41 bits per heavy atom. The fourth-order valence-electron chi connectivity index (χ4n) is 1.67. The average molecular weight is 257 g/mol. The lowest BCUT2D eigenvalue weighted by Crippen LogP contribution is -2.25. The van der Waals surface area contributed by atoms with Crippen molar-refractivity contribution in [2.24, 2.45) is 5.14 Å². The lowest BCUT2D eigenvalue weighted by molar-refractivity contribution is 0.266. The third-order valence-corrected chi connectivity index (χ3v) is 3.87. The monoisotopic (exact) mass is 257 g/mol. The van der Waals surface area contributed by atoms with Gasteiger partial charge in [0.2, 0.25) is 10.0 Å². The zero-order valence-corrected chi connectivity index (χ0v) is 10.00. The molecule has 0 spiro atoms. The van der Waals surface area contributed by atoms with Crippen LogP contribution in [0, 0.1) is 0 Å². The molecule has 0 aromatic heterocycles. The Hall–Kier alpha value is -1.31. The number of sulfonamides is 1. The summed E-state index contributed by atoms with van der Waals surface area (Å²) in [6.45, 7) is 0.0455. The van der Waals surface area contributed by atoms with Crippen LogP contribution in [0.3, 0.4) is 0 Å². The fraction of sp³-hybridized carbons (Fsp3) is 0.400. The second-order valence-electron chi connectivity index (χ2n) is 4.36. The van der Waals surface area contributed by atoms with Crippen molar-refractivity contribution in [2.75, 3.05) is 17.7 Å². The van der Waals surface area contributed by atoms with Gasteiger partial charge < -0.3 is 16.2 Å². The predicted octanol–water partition coefficient (Wildman–Crippen LogP) is -0.147. The van der Waals surface area contributed by atoms with Crippen LogP contribution in [0.5, 0.6) is 0 Å². The van der Waals surface area contributed by atoms with Gasteiger partial charge in [0, 0.05) is 5.69 Å². The number of hydrogen-bond donors (Lipinski definition) is 4. The Morgan fingerprint density at radius 2 is 2.06 bits per heavy atom. The molecule has 1 saturated carbocycles. The number of aliphatic hydroxyl groups excluding tert-OH is 1. The van der Waals surface area contributed by atoms with E-state index in [0.717, 1.165) is 12.8 Å². The van der Waals surface area contributed by atoms with Crippen molar-refractivity contribution in [1.82, 2.24) is 0 Å². The molecule has 1 fully saturated rings. The average Bonchev–Trinajstić information content (AvgIpc) is 2.96. The van der Waals surface area contributed by atoms with Gasteiger partial charge in [-0.25, -0.2) is 13.6 Å². The topological polar surface area (TPSA) is 118 Å². The Balaban J connectivity index is 2.26. The quantitative estimate of drug-likeness (QED) is 0.559. The van der Waals surface area contributed by atoms with Crippen LogP contribution in [0.4, 0.5) is 11.4 Å². The van der Waals surface area contributed by atoms with Crippen LogP contribution in [0.15, 0.2) is 23.1 Å². The molecule has 0 radical (unpaired) electrons. The summed E-state index contributed by atoms with van der Waals surface area (Å²) < 4.78 is 22.3. The van der Waals surface area contributed by atoms with E-state index in [1.165, 1.54) is 12.1 Å². The van der Waals surface area contributed by atoms with Crippen LogP contribution in [-0.4, -0.2) is 25.7 Å². The van der Waals surface area contributed by atoms with E-state index in [0.29, 0.717) is 5.69 Å². The molecular formula is C10H15N3O3S. The Kier molecular flexibility index (Phi) is 2.76. The zero-order chi connectivity index (χ0) is 12.7. The minimum Gasteiger partial charge on any atom is -0.398 e. The zero-order valence-electron chi connectivity index (χ0n) is 9.18. The van der Waals surface area contributed by atoms with E-state index in [2.05, 4.69) is 5.32 Å². The third-order valence-electron chi connectivity index (χ3n) is 2.88. The van der Waals surface area contributed by atoms with Crippen LogP contribution in [0.2, 0.25) is 0 Å². The number of anilines is 2. The molecule has 1 aromatic carbocycles. The first-order valence-electron chi connectivity index (χ1n) is 5.18. The second-order valence-corrected chi connectivity index (χ2v) is 5.89. The van der Waals surface area contributed by atoms with E-state index in [4.69, 9.17) is 16.0 Å². The van der Waals surface area contributed by atoms with Crippen molar-refractivity contribution in [1.29, 1.82) is 0 Å². The third kappa shape index (κ3) is 2.51. The molecule has 2 rings (SSSR count). The molecule has 0 atom stereocenters. The summed E-state index contributed by atoms with van der Waals surface area (Å²) in [5.41, 5.74) is 6.14. The van der Waals surface area contributed by atoms with Gasteiger partial charge in [0.05, 0.1) is 17.8 Å². The maximum Gasteiger partial charge on any atom is 0.240 e. The highest BCUT2D eigenvalue weighted by atomic mass is 32.2. The molecule has 1 aliphatic rings. The van der Waals surface area contributed by atoms with E-state index in [1.807, 2.05) is 0 Å².